The Morgan fingerprint density at radius 2 is 2.12 bits per heavy atom. The van der Waals surface area contributed by atoms with Crippen molar-refractivity contribution in [3.05, 3.63) is 11.5 Å². The Kier molecular flexibility index (Phi) is 3.22. The lowest BCUT2D eigenvalue weighted by Crippen LogP contribution is -2.13. The first-order chi connectivity index (χ1) is 7.65. The van der Waals surface area contributed by atoms with E-state index in [0.717, 1.165) is 18.7 Å². The molecule has 2 N–H and O–H groups in total. The smallest absolute Gasteiger partial charge is 0.127 e. The molecule has 1 aliphatic rings. The molecule has 0 atom stereocenters. The van der Waals surface area contributed by atoms with Gasteiger partial charge in [-0.1, -0.05) is 13.3 Å². The van der Waals surface area contributed by atoms with Gasteiger partial charge in [0.1, 0.15) is 11.6 Å². The Labute approximate surface area is 98.1 Å². The summed E-state index contributed by atoms with van der Waals surface area (Å²) in [6.07, 6.45) is 6.04. The molecule has 0 aliphatic heterocycles. The first kappa shape index (κ1) is 11.5. The Balaban J connectivity index is 2.35. The molecule has 3 heteroatoms. The summed E-state index contributed by atoms with van der Waals surface area (Å²) in [5, 5.41) is 0. The van der Waals surface area contributed by atoms with E-state index in [1.54, 1.807) is 0 Å². The predicted octanol–water partition coefficient (Wildman–Crippen LogP) is 3.27. The number of nitrogens with two attached hydrogens (primary N) is 1. The number of nitrogen functional groups attached to an aromatic ring is 1. The maximum atomic E-state index is 6.25. The minimum Gasteiger partial charge on any atom is -0.384 e. The second-order valence-corrected chi connectivity index (χ2v) is 5.14. The molecule has 0 amide bonds. The normalized spacial score (nSPS) is 16.8. The van der Waals surface area contributed by atoms with Gasteiger partial charge in [0.25, 0.3) is 0 Å². The zero-order valence-electron chi connectivity index (χ0n) is 10.7. The lowest BCUT2D eigenvalue weighted by molar-refractivity contribution is 0.413. The third-order valence-corrected chi connectivity index (χ3v) is 3.53. The zero-order chi connectivity index (χ0) is 11.7. The molecule has 1 aromatic heterocycles. The molecule has 1 saturated carbocycles. The van der Waals surface area contributed by atoms with Gasteiger partial charge in [0.2, 0.25) is 0 Å². The van der Waals surface area contributed by atoms with Crippen LogP contribution in [0.2, 0.25) is 0 Å². The second-order valence-electron chi connectivity index (χ2n) is 5.14. The van der Waals surface area contributed by atoms with Gasteiger partial charge in [-0.3, -0.25) is 0 Å². The largest absolute Gasteiger partial charge is 0.384 e. The molecular weight excluding hydrogens is 198 g/mol. The standard InChI is InChI=1S/C13H23N3/c1-4-6-11-15-12(10-7-5-8-10)13(14)16(11)9(2)3/h9-10H,4-8,14H2,1-3H3. The van der Waals surface area contributed by atoms with Crippen LogP contribution in [-0.4, -0.2) is 9.55 Å². The average Bonchev–Trinajstić information content (AvgIpc) is 2.41. The van der Waals surface area contributed by atoms with Crippen molar-refractivity contribution >= 4 is 5.82 Å². The summed E-state index contributed by atoms with van der Waals surface area (Å²) in [5.74, 6) is 2.73. The number of nitrogens with zero attached hydrogens (tertiary/aromatic N) is 2. The van der Waals surface area contributed by atoms with E-state index in [-0.39, 0.29) is 0 Å². The fourth-order valence-corrected chi connectivity index (χ4v) is 2.47. The SMILES string of the molecule is CCCc1nc(C2CCC2)c(N)n1C(C)C. The van der Waals surface area contributed by atoms with Crippen molar-refractivity contribution in [3.8, 4) is 0 Å². The van der Waals surface area contributed by atoms with Crippen LogP contribution in [0.1, 0.15) is 69.9 Å². The predicted molar refractivity (Wildman–Crippen MR) is 67.6 cm³/mol. The molecule has 0 aromatic carbocycles. The van der Waals surface area contributed by atoms with Crippen molar-refractivity contribution in [3.63, 3.8) is 0 Å². The van der Waals surface area contributed by atoms with E-state index in [1.165, 1.54) is 30.8 Å². The summed E-state index contributed by atoms with van der Waals surface area (Å²) in [7, 11) is 0. The molecule has 90 valence electrons. The molecule has 2 rings (SSSR count). The third kappa shape index (κ3) is 1.83. The Morgan fingerprint density at radius 3 is 2.56 bits per heavy atom. The number of aromatic nitrogens is 2. The molecular formula is C13H23N3. The second kappa shape index (κ2) is 4.48. The highest BCUT2D eigenvalue weighted by molar-refractivity contribution is 5.42. The monoisotopic (exact) mass is 221 g/mol. The van der Waals surface area contributed by atoms with Crippen LogP contribution < -0.4 is 5.73 Å². The number of anilines is 1. The topological polar surface area (TPSA) is 43.8 Å². The summed E-state index contributed by atoms with van der Waals surface area (Å²) >= 11 is 0. The summed E-state index contributed by atoms with van der Waals surface area (Å²) in [4.78, 5) is 4.78. The van der Waals surface area contributed by atoms with E-state index in [9.17, 15) is 0 Å². The van der Waals surface area contributed by atoms with Crippen molar-refractivity contribution in [2.75, 3.05) is 5.73 Å². The maximum Gasteiger partial charge on any atom is 0.127 e. The van der Waals surface area contributed by atoms with Crippen LogP contribution in [0.15, 0.2) is 0 Å². The van der Waals surface area contributed by atoms with Gasteiger partial charge < -0.3 is 10.3 Å². The van der Waals surface area contributed by atoms with Gasteiger partial charge in [-0.15, -0.1) is 0 Å². The van der Waals surface area contributed by atoms with Gasteiger partial charge in [0.05, 0.1) is 5.69 Å². The van der Waals surface area contributed by atoms with E-state index >= 15 is 0 Å². The van der Waals surface area contributed by atoms with Crippen LogP contribution in [0.5, 0.6) is 0 Å². The Bertz CT molecular complexity index is 361. The van der Waals surface area contributed by atoms with E-state index < -0.39 is 0 Å². The van der Waals surface area contributed by atoms with Crippen LogP contribution in [0.4, 0.5) is 5.82 Å². The number of imidazole rings is 1. The van der Waals surface area contributed by atoms with Gasteiger partial charge in [-0.2, -0.15) is 0 Å². The van der Waals surface area contributed by atoms with Crippen molar-refractivity contribution in [2.24, 2.45) is 0 Å². The number of hydrogen-bond donors (Lipinski definition) is 1. The van der Waals surface area contributed by atoms with Gasteiger partial charge >= 0.3 is 0 Å². The highest BCUT2D eigenvalue weighted by Crippen LogP contribution is 2.39. The van der Waals surface area contributed by atoms with E-state index in [4.69, 9.17) is 10.7 Å². The molecule has 16 heavy (non-hydrogen) atoms. The van der Waals surface area contributed by atoms with E-state index in [1.807, 2.05) is 0 Å². The minimum absolute atomic E-state index is 0.419. The molecule has 0 spiro atoms. The molecule has 1 aliphatic carbocycles. The third-order valence-electron chi connectivity index (χ3n) is 3.53. The lowest BCUT2D eigenvalue weighted by atomic mass is 9.83. The van der Waals surface area contributed by atoms with Crippen molar-refractivity contribution < 1.29 is 0 Å². The molecule has 0 radical (unpaired) electrons. The van der Waals surface area contributed by atoms with E-state index in [0.29, 0.717) is 12.0 Å². The summed E-state index contributed by atoms with van der Waals surface area (Å²) in [6.45, 7) is 6.56. The highest BCUT2D eigenvalue weighted by Gasteiger charge is 2.27. The van der Waals surface area contributed by atoms with Gasteiger partial charge in [-0.25, -0.2) is 4.98 Å². The number of hydrogen-bond acceptors (Lipinski definition) is 2. The molecule has 1 fully saturated rings. The van der Waals surface area contributed by atoms with Crippen molar-refractivity contribution in [1.82, 2.24) is 9.55 Å². The lowest BCUT2D eigenvalue weighted by Gasteiger charge is -2.24. The molecule has 1 aromatic rings. The average molecular weight is 221 g/mol. The van der Waals surface area contributed by atoms with Crippen LogP contribution in [0, 0.1) is 0 Å². The van der Waals surface area contributed by atoms with Crippen LogP contribution in [0.3, 0.4) is 0 Å². The van der Waals surface area contributed by atoms with Crippen LogP contribution in [0.25, 0.3) is 0 Å². The van der Waals surface area contributed by atoms with Gasteiger partial charge in [0, 0.05) is 18.4 Å². The highest BCUT2D eigenvalue weighted by atomic mass is 15.2. The van der Waals surface area contributed by atoms with Crippen LogP contribution >= 0.6 is 0 Å². The number of aryl methyl sites for hydroxylation is 1. The van der Waals surface area contributed by atoms with E-state index in [2.05, 4.69) is 25.3 Å². The molecule has 0 saturated heterocycles. The fourth-order valence-electron chi connectivity index (χ4n) is 2.47. The van der Waals surface area contributed by atoms with Gasteiger partial charge in [0.15, 0.2) is 0 Å². The van der Waals surface area contributed by atoms with Crippen molar-refractivity contribution in [2.45, 2.75) is 64.8 Å². The summed E-state index contributed by atoms with van der Waals surface area (Å²) < 4.78 is 2.22. The zero-order valence-corrected chi connectivity index (χ0v) is 10.7. The first-order valence-corrected chi connectivity index (χ1v) is 6.51. The molecule has 3 nitrogen and oxygen atoms in total. The fraction of sp³-hybridized carbons (Fsp3) is 0.769. The minimum atomic E-state index is 0.419. The summed E-state index contributed by atoms with van der Waals surface area (Å²) in [5.41, 5.74) is 7.42. The van der Waals surface area contributed by atoms with Crippen LogP contribution in [-0.2, 0) is 6.42 Å². The molecule has 1 heterocycles. The maximum absolute atomic E-state index is 6.25. The Morgan fingerprint density at radius 1 is 1.44 bits per heavy atom. The van der Waals surface area contributed by atoms with Gasteiger partial charge in [-0.05, 0) is 33.1 Å². The Hall–Kier alpha value is -0.990. The van der Waals surface area contributed by atoms with Crippen molar-refractivity contribution in [1.29, 1.82) is 0 Å². The first-order valence-electron chi connectivity index (χ1n) is 6.51. The number of rotatable bonds is 4. The molecule has 0 bridgehead atoms. The molecule has 0 unspecified atom stereocenters. The summed E-state index contributed by atoms with van der Waals surface area (Å²) in [6, 6.07) is 0.419. The quantitative estimate of drug-likeness (QED) is 0.848.